The third kappa shape index (κ3) is 1.59. The maximum absolute atomic E-state index is 11.5. The molecule has 1 aliphatic rings. The summed E-state index contributed by atoms with van der Waals surface area (Å²) in [5.41, 5.74) is 1.02. The van der Waals surface area contributed by atoms with Crippen LogP contribution < -0.4 is 10.2 Å². The molecule has 0 aromatic carbocycles. The first-order valence-electron chi connectivity index (χ1n) is 4.68. The fourth-order valence-corrected chi connectivity index (χ4v) is 2.32. The molecule has 5 heteroatoms. The van der Waals surface area contributed by atoms with E-state index >= 15 is 0 Å². The van der Waals surface area contributed by atoms with Gasteiger partial charge in [-0.3, -0.25) is 4.90 Å². The predicted octanol–water partition coefficient (Wildman–Crippen LogP) is 1.68. The summed E-state index contributed by atoms with van der Waals surface area (Å²) in [5, 5.41) is 3.63. The van der Waals surface area contributed by atoms with E-state index in [9.17, 15) is 4.79 Å². The number of amides is 2. The molecule has 2 amide bonds. The third-order valence-electron chi connectivity index (χ3n) is 2.33. The maximum Gasteiger partial charge on any atom is 0.323 e. The smallest absolute Gasteiger partial charge is 0.323 e. The van der Waals surface area contributed by atoms with E-state index in [-0.39, 0.29) is 6.03 Å². The van der Waals surface area contributed by atoms with Crippen LogP contribution in [0.25, 0.3) is 0 Å². The van der Waals surface area contributed by atoms with Gasteiger partial charge in [0.2, 0.25) is 0 Å². The number of anilines is 1. The van der Waals surface area contributed by atoms with Gasteiger partial charge in [0.15, 0.2) is 5.13 Å². The van der Waals surface area contributed by atoms with Gasteiger partial charge < -0.3 is 5.32 Å². The van der Waals surface area contributed by atoms with Crippen molar-refractivity contribution in [1.82, 2.24) is 10.3 Å². The second-order valence-electron chi connectivity index (χ2n) is 3.38. The van der Waals surface area contributed by atoms with Crippen LogP contribution in [-0.4, -0.2) is 24.1 Å². The summed E-state index contributed by atoms with van der Waals surface area (Å²) in [6.07, 6.45) is 0.989. The van der Waals surface area contributed by atoms with Crippen LogP contribution in [0.3, 0.4) is 0 Å². The Morgan fingerprint density at radius 2 is 2.29 bits per heavy atom. The number of nitrogens with one attached hydrogen (secondary N) is 1. The first-order valence-corrected chi connectivity index (χ1v) is 5.49. The third-order valence-corrected chi connectivity index (χ3v) is 3.42. The summed E-state index contributed by atoms with van der Waals surface area (Å²) < 4.78 is 0. The molecule has 1 N–H and O–H groups in total. The van der Waals surface area contributed by atoms with Gasteiger partial charge in [-0.1, -0.05) is 0 Å². The van der Waals surface area contributed by atoms with Gasteiger partial charge in [0.1, 0.15) is 0 Å². The van der Waals surface area contributed by atoms with Crippen molar-refractivity contribution in [2.75, 3.05) is 18.0 Å². The van der Waals surface area contributed by atoms with E-state index in [1.54, 1.807) is 16.2 Å². The second-order valence-corrected chi connectivity index (χ2v) is 4.56. The fraction of sp³-hybridized carbons (Fsp3) is 0.556. The van der Waals surface area contributed by atoms with Crippen molar-refractivity contribution in [2.45, 2.75) is 20.3 Å². The first kappa shape index (κ1) is 9.45. The number of thiazole rings is 1. The zero-order chi connectivity index (χ0) is 10.1. The monoisotopic (exact) mass is 211 g/mol. The predicted molar refractivity (Wildman–Crippen MR) is 56.9 cm³/mol. The van der Waals surface area contributed by atoms with E-state index in [4.69, 9.17) is 0 Å². The number of aromatic nitrogens is 1. The van der Waals surface area contributed by atoms with Crippen LogP contribution in [0, 0.1) is 13.8 Å². The van der Waals surface area contributed by atoms with Crippen molar-refractivity contribution in [3.63, 3.8) is 0 Å². The molecule has 0 spiro atoms. The lowest BCUT2D eigenvalue weighted by Crippen LogP contribution is -2.46. The van der Waals surface area contributed by atoms with Crippen LogP contribution in [-0.2, 0) is 0 Å². The van der Waals surface area contributed by atoms with Crippen LogP contribution >= 0.6 is 11.3 Å². The van der Waals surface area contributed by atoms with Gasteiger partial charge in [0.05, 0.1) is 5.69 Å². The van der Waals surface area contributed by atoms with Crippen LogP contribution in [0.4, 0.5) is 9.93 Å². The number of hydrogen-bond acceptors (Lipinski definition) is 3. The van der Waals surface area contributed by atoms with Crippen LogP contribution in [0.1, 0.15) is 17.0 Å². The fourth-order valence-electron chi connectivity index (χ4n) is 1.38. The van der Waals surface area contributed by atoms with E-state index in [1.807, 2.05) is 13.8 Å². The number of nitrogens with zero attached hydrogens (tertiary/aromatic N) is 2. The molecule has 1 saturated heterocycles. The molecule has 1 aromatic heterocycles. The van der Waals surface area contributed by atoms with E-state index in [2.05, 4.69) is 10.3 Å². The van der Waals surface area contributed by atoms with Crippen LogP contribution in [0.5, 0.6) is 0 Å². The highest BCUT2D eigenvalue weighted by Crippen LogP contribution is 2.25. The summed E-state index contributed by atoms with van der Waals surface area (Å²) in [5.74, 6) is 0. The van der Waals surface area contributed by atoms with Crippen molar-refractivity contribution in [3.05, 3.63) is 10.6 Å². The standard InChI is InChI=1S/C9H13N3OS/c1-6-7(2)14-9(11-6)12-5-3-4-10-8(12)13/h3-5H2,1-2H3,(H,10,13). The molecule has 14 heavy (non-hydrogen) atoms. The lowest BCUT2D eigenvalue weighted by atomic mass is 10.3. The topological polar surface area (TPSA) is 45.2 Å². The molecule has 0 radical (unpaired) electrons. The number of urea groups is 1. The second kappa shape index (κ2) is 3.57. The van der Waals surface area contributed by atoms with Crippen LogP contribution in [0.15, 0.2) is 0 Å². The first-order chi connectivity index (χ1) is 6.68. The molecule has 4 nitrogen and oxygen atoms in total. The highest BCUT2D eigenvalue weighted by Gasteiger charge is 2.22. The van der Waals surface area contributed by atoms with E-state index in [0.717, 1.165) is 30.3 Å². The molecule has 0 atom stereocenters. The summed E-state index contributed by atoms with van der Waals surface area (Å²) >= 11 is 1.58. The number of aryl methyl sites for hydroxylation is 2. The highest BCUT2D eigenvalue weighted by atomic mass is 32.1. The van der Waals surface area contributed by atoms with Gasteiger partial charge in [0.25, 0.3) is 0 Å². The van der Waals surface area contributed by atoms with Gasteiger partial charge in [-0.25, -0.2) is 9.78 Å². The van der Waals surface area contributed by atoms with Gasteiger partial charge >= 0.3 is 6.03 Å². The molecule has 0 unspecified atom stereocenters. The molecule has 0 saturated carbocycles. The number of carbonyl (C=O) groups excluding carboxylic acids is 1. The zero-order valence-corrected chi connectivity index (χ0v) is 9.15. The molecule has 0 bridgehead atoms. The van der Waals surface area contributed by atoms with Crippen molar-refractivity contribution in [1.29, 1.82) is 0 Å². The van der Waals surface area contributed by atoms with Crippen molar-refractivity contribution in [3.8, 4) is 0 Å². The molecular formula is C9H13N3OS. The van der Waals surface area contributed by atoms with E-state index in [1.165, 1.54) is 4.88 Å². The lowest BCUT2D eigenvalue weighted by Gasteiger charge is -2.24. The van der Waals surface area contributed by atoms with E-state index < -0.39 is 0 Å². The Bertz CT molecular complexity index is 341. The Morgan fingerprint density at radius 3 is 2.86 bits per heavy atom. The molecule has 2 heterocycles. The number of hydrogen-bond donors (Lipinski definition) is 1. The quantitative estimate of drug-likeness (QED) is 0.768. The molecular weight excluding hydrogens is 198 g/mol. The highest BCUT2D eigenvalue weighted by molar-refractivity contribution is 7.15. The molecule has 2 rings (SSSR count). The summed E-state index contributed by atoms with van der Waals surface area (Å²) in [4.78, 5) is 18.8. The average Bonchev–Trinajstić information content (AvgIpc) is 2.48. The van der Waals surface area contributed by atoms with Crippen molar-refractivity contribution < 1.29 is 4.79 Å². The lowest BCUT2D eigenvalue weighted by molar-refractivity contribution is 0.243. The SMILES string of the molecule is Cc1nc(N2CCCNC2=O)sc1C. The number of rotatable bonds is 1. The molecule has 76 valence electrons. The van der Waals surface area contributed by atoms with E-state index in [0.29, 0.717) is 0 Å². The zero-order valence-electron chi connectivity index (χ0n) is 8.33. The Labute approximate surface area is 86.9 Å². The van der Waals surface area contributed by atoms with Gasteiger partial charge in [-0.15, -0.1) is 11.3 Å². The van der Waals surface area contributed by atoms with Crippen molar-refractivity contribution >= 4 is 22.5 Å². The Morgan fingerprint density at radius 1 is 1.50 bits per heavy atom. The molecule has 1 fully saturated rings. The molecule has 0 aliphatic carbocycles. The Balaban J connectivity index is 2.24. The van der Waals surface area contributed by atoms with Crippen molar-refractivity contribution in [2.24, 2.45) is 0 Å². The Kier molecular flexibility index (Phi) is 2.41. The maximum atomic E-state index is 11.5. The minimum atomic E-state index is -0.0231. The van der Waals surface area contributed by atoms with Gasteiger partial charge in [0, 0.05) is 18.0 Å². The summed E-state index contributed by atoms with van der Waals surface area (Å²) in [7, 11) is 0. The minimum absolute atomic E-state index is 0.0231. The average molecular weight is 211 g/mol. The normalized spacial score (nSPS) is 17.0. The number of carbonyl (C=O) groups is 1. The molecule has 1 aliphatic heterocycles. The van der Waals surface area contributed by atoms with Gasteiger partial charge in [-0.05, 0) is 20.3 Å². The molecule has 1 aromatic rings. The van der Waals surface area contributed by atoms with Crippen LogP contribution in [0.2, 0.25) is 0 Å². The summed E-state index contributed by atoms with van der Waals surface area (Å²) in [6, 6.07) is -0.0231. The summed E-state index contributed by atoms with van der Waals surface area (Å²) in [6.45, 7) is 5.55. The largest absolute Gasteiger partial charge is 0.338 e. The Hall–Kier alpha value is -1.10. The minimum Gasteiger partial charge on any atom is -0.338 e. The van der Waals surface area contributed by atoms with Gasteiger partial charge in [-0.2, -0.15) is 0 Å².